The predicted molar refractivity (Wildman–Crippen MR) is 77.8 cm³/mol. The SMILES string of the molecule is O=C(NCc1cccc(CBr)c1)C1CCC(F)(F)CC1. The van der Waals surface area contributed by atoms with E-state index in [1.165, 1.54) is 0 Å². The van der Waals surface area contributed by atoms with E-state index in [0.717, 1.165) is 16.5 Å². The monoisotopic (exact) mass is 345 g/mol. The molecule has 0 spiro atoms. The van der Waals surface area contributed by atoms with Crippen LogP contribution in [-0.4, -0.2) is 11.8 Å². The maximum atomic E-state index is 13.0. The van der Waals surface area contributed by atoms with Crippen molar-refractivity contribution in [1.82, 2.24) is 5.32 Å². The normalized spacial score (nSPS) is 18.8. The molecule has 1 aromatic carbocycles. The second kappa shape index (κ2) is 6.66. The molecule has 0 bridgehead atoms. The lowest BCUT2D eigenvalue weighted by Gasteiger charge is -2.27. The quantitative estimate of drug-likeness (QED) is 0.820. The summed E-state index contributed by atoms with van der Waals surface area (Å²) in [5, 5.41) is 3.62. The maximum Gasteiger partial charge on any atom is 0.248 e. The summed E-state index contributed by atoms with van der Waals surface area (Å²) in [4.78, 5) is 12.0. The Morgan fingerprint density at radius 1 is 1.30 bits per heavy atom. The van der Waals surface area contributed by atoms with Gasteiger partial charge in [-0.1, -0.05) is 40.2 Å². The lowest BCUT2D eigenvalue weighted by atomic mass is 9.86. The van der Waals surface area contributed by atoms with Crippen molar-refractivity contribution in [2.45, 2.75) is 43.5 Å². The lowest BCUT2D eigenvalue weighted by molar-refractivity contribution is -0.129. The molecule has 110 valence electrons. The van der Waals surface area contributed by atoms with Crippen LogP contribution in [0.5, 0.6) is 0 Å². The largest absolute Gasteiger partial charge is 0.352 e. The molecule has 1 aromatic rings. The van der Waals surface area contributed by atoms with Crippen LogP contribution >= 0.6 is 15.9 Å². The number of hydrogen-bond donors (Lipinski definition) is 1. The van der Waals surface area contributed by atoms with E-state index in [1.54, 1.807) is 0 Å². The van der Waals surface area contributed by atoms with Gasteiger partial charge in [-0.15, -0.1) is 0 Å². The molecular weight excluding hydrogens is 328 g/mol. The molecule has 1 saturated carbocycles. The Morgan fingerprint density at radius 2 is 1.95 bits per heavy atom. The fourth-order valence-corrected chi connectivity index (χ4v) is 2.81. The Balaban J connectivity index is 1.83. The molecule has 1 N–H and O–H groups in total. The highest BCUT2D eigenvalue weighted by molar-refractivity contribution is 9.08. The highest BCUT2D eigenvalue weighted by atomic mass is 79.9. The van der Waals surface area contributed by atoms with Crippen LogP contribution < -0.4 is 5.32 Å². The van der Waals surface area contributed by atoms with Crippen molar-refractivity contribution in [3.63, 3.8) is 0 Å². The number of hydrogen-bond acceptors (Lipinski definition) is 1. The van der Waals surface area contributed by atoms with Gasteiger partial charge in [0, 0.05) is 30.6 Å². The van der Waals surface area contributed by atoms with Gasteiger partial charge in [0.1, 0.15) is 0 Å². The van der Waals surface area contributed by atoms with Gasteiger partial charge in [-0.25, -0.2) is 8.78 Å². The number of carbonyl (C=O) groups excluding carboxylic acids is 1. The minimum absolute atomic E-state index is 0.107. The van der Waals surface area contributed by atoms with Crippen molar-refractivity contribution in [3.8, 4) is 0 Å². The average Bonchev–Trinajstić information content (AvgIpc) is 2.45. The van der Waals surface area contributed by atoms with Crippen LogP contribution in [-0.2, 0) is 16.7 Å². The Bertz CT molecular complexity index is 469. The van der Waals surface area contributed by atoms with Crippen molar-refractivity contribution in [1.29, 1.82) is 0 Å². The summed E-state index contributed by atoms with van der Waals surface area (Å²) in [6.45, 7) is 0.451. The fraction of sp³-hybridized carbons (Fsp3) is 0.533. The molecule has 1 aliphatic rings. The highest BCUT2D eigenvalue weighted by Gasteiger charge is 2.37. The van der Waals surface area contributed by atoms with Crippen molar-refractivity contribution in [3.05, 3.63) is 35.4 Å². The van der Waals surface area contributed by atoms with Gasteiger partial charge in [0.05, 0.1) is 0 Å². The van der Waals surface area contributed by atoms with Crippen molar-refractivity contribution >= 4 is 21.8 Å². The van der Waals surface area contributed by atoms with Crippen LogP contribution in [0.25, 0.3) is 0 Å². The summed E-state index contributed by atoms with van der Waals surface area (Å²) in [5.74, 6) is -2.96. The number of alkyl halides is 3. The first-order valence-electron chi connectivity index (χ1n) is 6.79. The predicted octanol–water partition coefficient (Wildman–Crippen LogP) is 4.02. The number of rotatable bonds is 4. The first kappa shape index (κ1) is 15.4. The molecule has 0 aliphatic heterocycles. The highest BCUT2D eigenvalue weighted by Crippen LogP contribution is 2.36. The van der Waals surface area contributed by atoms with Crippen LogP contribution in [0.1, 0.15) is 36.8 Å². The minimum atomic E-state index is -2.58. The third-order valence-corrected chi connectivity index (χ3v) is 4.35. The van der Waals surface area contributed by atoms with Gasteiger partial charge in [-0.3, -0.25) is 4.79 Å². The topological polar surface area (TPSA) is 29.1 Å². The second-order valence-electron chi connectivity index (χ2n) is 5.30. The van der Waals surface area contributed by atoms with Crippen LogP contribution in [0.2, 0.25) is 0 Å². The maximum absolute atomic E-state index is 13.0. The fourth-order valence-electron chi connectivity index (χ4n) is 2.46. The first-order valence-corrected chi connectivity index (χ1v) is 7.92. The summed E-state index contributed by atoms with van der Waals surface area (Å²) in [6, 6.07) is 7.91. The first-order chi connectivity index (χ1) is 9.50. The van der Waals surface area contributed by atoms with E-state index in [9.17, 15) is 13.6 Å². The summed E-state index contributed by atoms with van der Waals surface area (Å²) in [6.07, 6.45) is 0.203. The second-order valence-corrected chi connectivity index (χ2v) is 5.86. The van der Waals surface area contributed by atoms with Crippen LogP contribution in [0.3, 0.4) is 0 Å². The number of nitrogens with one attached hydrogen (secondary N) is 1. The van der Waals surface area contributed by atoms with Gasteiger partial charge < -0.3 is 5.32 Å². The van der Waals surface area contributed by atoms with Crippen molar-refractivity contribution in [2.24, 2.45) is 5.92 Å². The molecule has 2 nitrogen and oxygen atoms in total. The summed E-state index contributed by atoms with van der Waals surface area (Å²) >= 11 is 3.39. The van der Waals surface area contributed by atoms with Gasteiger partial charge in [0.25, 0.3) is 0 Å². The smallest absolute Gasteiger partial charge is 0.248 e. The molecule has 1 fully saturated rings. The molecule has 1 aliphatic carbocycles. The molecule has 1 amide bonds. The van der Waals surface area contributed by atoms with E-state index in [2.05, 4.69) is 21.2 Å². The van der Waals surface area contributed by atoms with E-state index in [4.69, 9.17) is 0 Å². The zero-order valence-electron chi connectivity index (χ0n) is 11.2. The van der Waals surface area contributed by atoms with Crippen LogP contribution in [0, 0.1) is 5.92 Å². The van der Waals surface area contributed by atoms with Gasteiger partial charge in [0.2, 0.25) is 11.8 Å². The number of amides is 1. The van der Waals surface area contributed by atoms with Crippen LogP contribution in [0.15, 0.2) is 24.3 Å². The Hall–Kier alpha value is -0.970. The Labute approximate surface area is 126 Å². The molecule has 20 heavy (non-hydrogen) atoms. The van der Waals surface area contributed by atoms with E-state index < -0.39 is 5.92 Å². The van der Waals surface area contributed by atoms with E-state index in [0.29, 0.717) is 6.54 Å². The molecule has 0 heterocycles. The lowest BCUT2D eigenvalue weighted by Crippen LogP contribution is -2.35. The molecule has 2 rings (SSSR count). The molecule has 0 radical (unpaired) electrons. The Morgan fingerprint density at radius 3 is 2.60 bits per heavy atom. The number of halogens is 3. The van der Waals surface area contributed by atoms with Gasteiger partial charge in [-0.2, -0.15) is 0 Å². The molecule has 0 saturated heterocycles. The number of benzene rings is 1. The Kier molecular flexibility index (Phi) is 5.13. The summed E-state index contributed by atoms with van der Waals surface area (Å²) in [7, 11) is 0. The summed E-state index contributed by atoms with van der Waals surface area (Å²) < 4.78 is 26.1. The van der Waals surface area contributed by atoms with E-state index in [-0.39, 0.29) is 37.5 Å². The zero-order valence-corrected chi connectivity index (χ0v) is 12.8. The standard InChI is InChI=1S/C15H18BrF2NO/c16-9-11-2-1-3-12(8-11)10-19-14(20)13-4-6-15(17,18)7-5-13/h1-3,8,13H,4-7,9-10H2,(H,19,20). The number of carbonyl (C=O) groups is 1. The molecule has 0 atom stereocenters. The molecule has 0 unspecified atom stereocenters. The molecule has 0 aromatic heterocycles. The van der Waals surface area contributed by atoms with Crippen molar-refractivity contribution < 1.29 is 13.6 Å². The van der Waals surface area contributed by atoms with Gasteiger partial charge in [0.15, 0.2) is 0 Å². The zero-order chi connectivity index (χ0) is 14.6. The third kappa shape index (κ3) is 4.27. The van der Waals surface area contributed by atoms with E-state index >= 15 is 0 Å². The van der Waals surface area contributed by atoms with E-state index in [1.807, 2.05) is 24.3 Å². The third-order valence-electron chi connectivity index (χ3n) is 3.70. The van der Waals surface area contributed by atoms with Crippen LogP contribution in [0.4, 0.5) is 8.78 Å². The van der Waals surface area contributed by atoms with Gasteiger partial charge in [-0.05, 0) is 24.0 Å². The summed E-state index contributed by atoms with van der Waals surface area (Å²) in [5.41, 5.74) is 2.17. The minimum Gasteiger partial charge on any atom is -0.352 e. The molecular formula is C15H18BrF2NO. The molecule has 5 heteroatoms. The van der Waals surface area contributed by atoms with Gasteiger partial charge >= 0.3 is 0 Å². The average molecular weight is 346 g/mol. The van der Waals surface area contributed by atoms with Crippen molar-refractivity contribution in [2.75, 3.05) is 0 Å².